The van der Waals surface area contributed by atoms with Crippen molar-refractivity contribution >= 4 is 40.5 Å². The lowest BCUT2D eigenvalue weighted by molar-refractivity contribution is 0.102. The third-order valence-electron chi connectivity index (χ3n) is 3.27. The van der Waals surface area contributed by atoms with Crippen molar-refractivity contribution in [1.29, 1.82) is 0 Å². The van der Waals surface area contributed by atoms with Crippen molar-refractivity contribution in [3.8, 4) is 0 Å². The molecule has 0 spiro atoms. The Morgan fingerprint density at radius 2 is 2.04 bits per heavy atom. The zero-order valence-electron chi connectivity index (χ0n) is 13.4. The van der Waals surface area contributed by atoms with Crippen LogP contribution in [0, 0.1) is 11.6 Å². The van der Waals surface area contributed by atoms with Gasteiger partial charge >= 0.3 is 0 Å². The number of carbonyl (C=O) groups is 1. The molecular formula is C18H16ClF2NO2S. The first-order valence-corrected chi connectivity index (χ1v) is 8.39. The SMILES string of the molecule is CCCOC(=S)Cc1cc(NC(=O)c2cccc(F)c2)c(F)cc1Cl. The Balaban J connectivity index is 2.19. The molecule has 25 heavy (non-hydrogen) atoms. The van der Waals surface area contributed by atoms with E-state index in [0.29, 0.717) is 17.2 Å². The summed E-state index contributed by atoms with van der Waals surface area (Å²) in [6.45, 7) is 2.44. The zero-order valence-corrected chi connectivity index (χ0v) is 15.0. The second-order valence-electron chi connectivity index (χ2n) is 5.29. The third-order valence-corrected chi connectivity index (χ3v) is 3.89. The molecule has 0 aromatic heterocycles. The first-order valence-electron chi connectivity index (χ1n) is 7.61. The standard InChI is InChI=1S/C18H16ClF2NO2S/c1-2-6-24-17(25)9-12-8-16(15(21)10-14(12)19)22-18(23)11-4-3-5-13(20)7-11/h3-5,7-8,10H,2,6,9H2,1H3,(H,22,23). The summed E-state index contributed by atoms with van der Waals surface area (Å²) in [6, 6.07) is 7.61. The number of halogens is 3. The molecule has 0 heterocycles. The number of hydrogen-bond acceptors (Lipinski definition) is 3. The van der Waals surface area contributed by atoms with Gasteiger partial charge in [-0.05, 0) is 54.5 Å². The number of rotatable bonds is 6. The predicted octanol–water partition coefficient (Wildman–Crippen LogP) is 5.17. The molecule has 0 aliphatic rings. The fourth-order valence-electron chi connectivity index (χ4n) is 2.07. The van der Waals surface area contributed by atoms with Crippen molar-refractivity contribution < 1.29 is 18.3 Å². The van der Waals surface area contributed by atoms with Crippen LogP contribution >= 0.6 is 23.8 Å². The molecule has 0 saturated heterocycles. The highest BCUT2D eigenvalue weighted by Gasteiger charge is 2.14. The van der Waals surface area contributed by atoms with Gasteiger partial charge in [-0.25, -0.2) is 8.78 Å². The van der Waals surface area contributed by atoms with E-state index in [1.165, 1.54) is 24.3 Å². The molecule has 2 aromatic rings. The Morgan fingerprint density at radius 3 is 2.72 bits per heavy atom. The second kappa shape index (κ2) is 8.87. The molecule has 2 aromatic carbocycles. The molecule has 0 radical (unpaired) electrons. The van der Waals surface area contributed by atoms with Crippen molar-refractivity contribution in [3.05, 3.63) is 64.2 Å². The van der Waals surface area contributed by atoms with E-state index in [2.05, 4.69) is 5.32 Å². The summed E-state index contributed by atoms with van der Waals surface area (Å²) in [7, 11) is 0. The van der Waals surface area contributed by atoms with Crippen LogP contribution in [0.25, 0.3) is 0 Å². The Morgan fingerprint density at radius 1 is 1.28 bits per heavy atom. The van der Waals surface area contributed by atoms with Crippen molar-refractivity contribution in [2.24, 2.45) is 0 Å². The van der Waals surface area contributed by atoms with Crippen LogP contribution in [0.1, 0.15) is 29.3 Å². The monoisotopic (exact) mass is 383 g/mol. The lowest BCUT2D eigenvalue weighted by Gasteiger charge is -2.12. The average Bonchev–Trinajstić information content (AvgIpc) is 2.57. The van der Waals surface area contributed by atoms with Crippen LogP contribution in [0.4, 0.5) is 14.5 Å². The van der Waals surface area contributed by atoms with E-state index in [-0.39, 0.29) is 22.7 Å². The minimum absolute atomic E-state index is 0.0630. The quantitative estimate of drug-likeness (QED) is 0.699. The molecule has 0 saturated carbocycles. The van der Waals surface area contributed by atoms with E-state index in [4.69, 9.17) is 28.6 Å². The number of hydrogen-bond donors (Lipinski definition) is 1. The molecule has 3 nitrogen and oxygen atoms in total. The molecule has 1 amide bonds. The van der Waals surface area contributed by atoms with Gasteiger partial charge in [0.15, 0.2) is 5.05 Å². The van der Waals surface area contributed by atoms with Gasteiger partial charge in [-0.1, -0.05) is 24.6 Å². The highest BCUT2D eigenvalue weighted by atomic mass is 35.5. The van der Waals surface area contributed by atoms with Crippen LogP contribution in [0.5, 0.6) is 0 Å². The third kappa shape index (κ3) is 5.47. The molecule has 0 bridgehead atoms. The van der Waals surface area contributed by atoms with Gasteiger partial charge in [-0.3, -0.25) is 4.79 Å². The molecule has 0 unspecified atom stereocenters. The molecule has 1 N–H and O–H groups in total. The molecule has 0 aliphatic carbocycles. The number of thiocarbonyl (C=S) groups is 1. The summed E-state index contributed by atoms with van der Waals surface area (Å²) in [4.78, 5) is 12.2. The van der Waals surface area contributed by atoms with E-state index in [1.807, 2.05) is 6.92 Å². The van der Waals surface area contributed by atoms with E-state index in [1.54, 1.807) is 0 Å². The highest BCUT2D eigenvalue weighted by Crippen LogP contribution is 2.26. The van der Waals surface area contributed by atoms with Gasteiger partial charge < -0.3 is 10.1 Å². The number of anilines is 1. The lowest BCUT2D eigenvalue weighted by Crippen LogP contribution is -2.14. The van der Waals surface area contributed by atoms with E-state index in [9.17, 15) is 13.6 Å². The number of amides is 1. The Labute approximate surface area is 154 Å². The van der Waals surface area contributed by atoms with Crippen LogP contribution in [0.15, 0.2) is 36.4 Å². The number of ether oxygens (including phenoxy) is 1. The molecule has 0 aliphatic heterocycles. The predicted molar refractivity (Wildman–Crippen MR) is 98.3 cm³/mol. The van der Waals surface area contributed by atoms with Crippen molar-refractivity contribution in [2.75, 3.05) is 11.9 Å². The number of carbonyl (C=O) groups excluding carboxylic acids is 1. The van der Waals surface area contributed by atoms with Crippen LogP contribution < -0.4 is 5.32 Å². The van der Waals surface area contributed by atoms with Gasteiger partial charge in [0.05, 0.1) is 12.3 Å². The zero-order chi connectivity index (χ0) is 18.4. The first kappa shape index (κ1) is 19.3. The van der Waals surface area contributed by atoms with Crippen LogP contribution in [-0.4, -0.2) is 17.6 Å². The van der Waals surface area contributed by atoms with Crippen LogP contribution in [-0.2, 0) is 11.2 Å². The normalized spacial score (nSPS) is 10.4. The van der Waals surface area contributed by atoms with Crippen LogP contribution in [0.2, 0.25) is 5.02 Å². The summed E-state index contributed by atoms with van der Waals surface area (Å²) < 4.78 is 32.6. The maximum atomic E-state index is 14.1. The summed E-state index contributed by atoms with van der Waals surface area (Å²) in [5.74, 6) is -1.88. The van der Waals surface area contributed by atoms with Gasteiger partial charge in [-0.2, -0.15) is 0 Å². The summed E-state index contributed by atoms with van der Waals surface area (Å²) in [5, 5.41) is 2.93. The van der Waals surface area contributed by atoms with E-state index >= 15 is 0 Å². The highest BCUT2D eigenvalue weighted by molar-refractivity contribution is 7.80. The molecule has 0 atom stereocenters. The van der Waals surface area contributed by atoms with Gasteiger partial charge in [0.25, 0.3) is 5.91 Å². The number of benzene rings is 2. The van der Waals surface area contributed by atoms with Gasteiger partial charge in [-0.15, -0.1) is 0 Å². The summed E-state index contributed by atoms with van der Waals surface area (Å²) >= 11 is 11.1. The fraction of sp³-hybridized carbons (Fsp3) is 0.222. The minimum atomic E-state index is -0.695. The van der Waals surface area contributed by atoms with Gasteiger partial charge in [0.2, 0.25) is 0 Å². The Hall–Kier alpha value is -2.05. The largest absolute Gasteiger partial charge is 0.487 e. The smallest absolute Gasteiger partial charge is 0.255 e. The molecule has 0 fully saturated rings. The lowest BCUT2D eigenvalue weighted by atomic mass is 10.1. The van der Waals surface area contributed by atoms with E-state index in [0.717, 1.165) is 18.6 Å². The fourth-order valence-corrected chi connectivity index (χ4v) is 2.53. The average molecular weight is 384 g/mol. The maximum Gasteiger partial charge on any atom is 0.255 e. The van der Waals surface area contributed by atoms with E-state index < -0.39 is 17.5 Å². The molecule has 132 valence electrons. The summed E-state index contributed by atoms with van der Waals surface area (Å²) in [5.41, 5.74) is 0.545. The minimum Gasteiger partial charge on any atom is -0.487 e. The van der Waals surface area contributed by atoms with Crippen LogP contribution in [0.3, 0.4) is 0 Å². The number of nitrogens with one attached hydrogen (secondary N) is 1. The van der Waals surface area contributed by atoms with Gasteiger partial charge in [0.1, 0.15) is 11.6 Å². The Kier molecular flexibility index (Phi) is 6.84. The molecule has 2 rings (SSSR count). The van der Waals surface area contributed by atoms with Crippen molar-refractivity contribution in [1.82, 2.24) is 0 Å². The Bertz CT molecular complexity index is 799. The van der Waals surface area contributed by atoms with Crippen molar-refractivity contribution in [2.45, 2.75) is 19.8 Å². The molecule has 7 heteroatoms. The second-order valence-corrected chi connectivity index (χ2v) is 6.15. The molecular weight excluding hydrogens is 368 g/mol. The van der Waals surface area contributed by atoms with Crippen molar-refractivity contribution in [3.63, 3.8) is 0 Å². The topological polar surface area (TPSA) is 38.3 Å². The van der Waals surface area contributed by atoms with Gasteiger partial charge in [0, 0.05) is 17.0 Å². The first-order chi connectivity index (χ1) is 11.9. The maximum absolute atomic E-state index is 14.1. The summed E-state index contributed by atoms with van der Waals surface area (Å²) in [6.07, 6.45) is 1.03.